The molecule has 3 nitrogen and oxygen atoms in total. The van der Waals surface area contributed by atoms with Gasteiger partial charge >= 0.3 is 0 Å². The molecule has 0 saturated heterocycles. The minimum Gasteiger partial charge on any atom is -0.395 e. The van der Waals surface area contributed by atoms with Crippen LogP contribution in [0.1, 0.15) is 57.8 Å². The average molecular weight is 241 g/mol. The van der Waals surface area contributed by atoms with Crippen LogP contribution in [0, 0.1) is 0 Å². The van der Waals surface area contributed by atoms with Gasteiger partial charge in [0.05, 0.1) is 12.7 Å². The minimum absolute atomic E-state index is 0.241. The van der Waals surface area contributed by atoms with Crippen LogP contribution in [0.3, 0.4) is 0 Å². The molecule has 2 aliphatic rings. The van der Waals surface area contributed by atoms with Gasteiger partial charge in [-0.2, -0.15) is 0 Å². The van der Waals surface area contributed by atoms with E-state index in [9.17, 15) is 5.11 Å². The van der Waals surface area contributed by atoms with Crippen molar-refractivity contribution >= 4 is 0 Å². The third-order valence-corrected chi connectivity index (χ3v) is 3.89. The monoisotopic (exact) mass is 241 g/mol. The molecule has 0 heterocycles. The van der Waals surface area contributed by atoms with E-state index in [2.05, 4.69) is 5.32 Å². The molecule has 2 fully saturated rings. The van der Waals surface area contributed by atoms with Crippen LogP contribution in [-0.4, -0.2) is 36.5 Å². The fourth-order valence-electron chi connectivity index (χ4n) is 2.60. The smallest absolute Gasteiger partial charge is 0.0585 e. The predicted octanol–water partition coefficient (Wildman–Crippen LogP) is 2.23. The molecule has 1 atom stereocenters. The third kappa shape index (κ3) is 5.36. The lowest BCUT2D eigenvalue weighted by atomic mass is 10.1. The van der Waals surface area contributed by atoms with Crippen molar-refractivity contribution in [3.63, 3.8) is 0 Å². The zero-order valence-electron chi connectivity index (χ0n) is 10.9. The van der Waals surface area contributed by atoms with E-state index in [1.165, 1.54) is 51.4 Å². The predicted molar refractivity (Wildman–Crippen MR) is 69.1 cm³/mol. The van der Waals surface area contributed by atoms with Crippen LogP contribution in [0.4, 0.5) is 0 Å². The molecule has 0 radical (unpaired) electrons. The van der Waals surface area contributed by atoms with Crippen LogP contribution in [0.2, 0.25) is 0 Å². The van der Waals surface area contributed by atoms with Crippen molar-refractivity contribution in [2.45, 2.75) is 76.0 Å². The molecule has 0 amide bonds. The summed E-state index contributed by atoms with van der Waals surface area (Å²) in [6.45, 7) is 1.04. The molecule has 0 aromatic carbocycles. The molecular weight excluding hydrogens is 214 g/mol. The maximum atomic E-state index is 9.27. The van der Waals surface area contributed by atoms with Crippen molar-refractivity contribution in [1.29, 1.82) is 0 Å². The van der Waals surface area contributed by atoms with Gasteiger partial charge < -0.3 is 15.2 Å². The molecule has 2 N–H and O–H groups in total. The number of ether oxygens (including phenoxy) is 1. The number of nitrogens with one attached hydrogen (secondary N) is 1. The first-order valence-electron chi connectivity index (χ1n) is 7.37. The average Bonchev–Trinajstić information content (AvgIpc) is 3.14. The lowest BCUT2D eigenvalue weighted by Gasteiger charge is -2.19. The summed E-state index contributed by atoms with van der Waals surface area (Å²) in [6, 6.07) is 0.915. The van der Waals surface area contributed by atoms with Crippen molar-refractivity contribution in [2.24, 2.45) is 0 Å². The molecular formula is C14H27NO2. The largest absolute Gasteiger partial charge is 0.395 e. The quantitative estimate of drug-likeness (QED) is 0.672. The summed E-state index contributed by atoms with van der Waals surface area (Å²) in [6.07, 6.45) is 11.9. The third-order valence-electron chi connectivity index (χ3n) is 3.89. The molecule has 0 bridgehead atoms. The SMILES string of the molecule is OCC(CCOC1CCCCCC1)NC1CC1. The van der Waals surface area contributed by atoms with Crippen LogP contribution in [0.5, 0.6) is 0 Å². The first-order chi connectivity index (χ1) is 8.38. The van der Waals surface area contributed by atoms with Gasteiger partial charge in [0.2, 0.25) is 0 Å². The maximum Gasteiger partial charge on any atom is 0.0585 e. The standard InChI is InChI=1S/C14H27NO2/c16-11-13(15-12-7-8-12)9-10-17-14-5-3-1-2-4-6-14/h12-16H,1-11H2. The Hall–Kier alpha value is -0.120. The van der Waals surface area contributed by atoms with E-state index in [4.69, 9.17) is 4.74 Å². The van der Waals surface area contributed by atoms with Crippen molar-refractivity contribution in [3.05, 3.63) is 0 Å². The number of rotatable bonds is 7. The highest BCUT2D eigenvalue weighted by molar-refractivity contribution is 4.84. The van der Waals surface area contributed by atoms with Crippen molar-refractivity contribution in [2.75, 3.05) is 13.2 Å². The first kappa shape index (κ1) is 13.3. The van der Waals surface area contributed by atoms with Crippen LogP contribution in [0.25, 0.3) is 0 Å². The zero-order valence-corrected chi connectivity index (χ0v) is 10.9. The van der Waals surface area contributed by atoms with E-state index in [1.54, 1.807) is 0 Å². The molecule has 2 rings (SSSR count). The Balaban J connectivity index is 1.56. The Morgan fingerprint density at radius 3 is 2.35 bits per heavy atom. The van der Waals surface area contributed by atoms with Crippen molar-refractivity contribution in [3.8, 4) is 0 Å². The Kier molecular flexibility index (Phi) is 5.75. The summed E-state index contributed by atoms with van der Waals surface area (Å²) < 4.78 is 5.95. The second-order valence-corrected chi connectivity index (χ2v) is 5.59. The van der Waals surface area contributed by atoms with E-state index in [-0.39, 0.29) is 12.6 Å². The van der Waals surface area contributed by atoms with E-state index in [1.807, 2.05) is 0 Å². The van der Waals surface area contributed by atoms with Crippen LogP contribution in [0.15, 0.2) is 0 Å². The second-order valence-electron chi connectivity index (χ2n) is 5.59. The number of aliphatic hydroxyl groups excluding tert-OH is 1. The number of aliphatic hydroxyl groups is 1. The summed E-state index contributed by atoms with van der Waals surface area (Å²) in [5.41, 5.74) is 0. The molecule has 2 aliphatic carbocycles. The fourth-order valence-corrected chi connectivity index (χ4v) is 2.60. The lowest BCUT2D eigenvalue weighted by molar-refractivity contribution is 0.0341. The number of hydrogen-bond donors (Lipinski definition) is 2. The van der Waals surface area contributed by atoms with Crippen LogP contribution < -0.4 is 5.32 Å². The van der Waals surface area contributed by atoms with Gasteiger partial charge in [0.25, 0.3) is 0 Å². The summed E-state index contributed by atoms with van der Waals surface area (Å²) in [5.74, 6) is 0. The van der Waals surface area contributed by atoms with Gasteiger partial charge in [0.15, 0.2) is 0 Å². The normalized spacial score (nSPS) is 24.5. The van der Waals surface area contributed by atoms with Crippen molar-refractivity contribution < 1.29 is 9.84 Å². The summed E-state index contributed by atoms with van der Waals surface area (Å²) in [7, 11) is 0. The second kappa shape index (κ2) is 7.34. The van der Waals surface area contributed by atoms with Gasteiger partial charge in [-0.3, -0.25) is 0 Å². The van der Waals surface area contributed by atoms with E-state index in [0.29, 0.717) is 12.1 Å². The van der Waals surface area contributed by atoms with Gasteiger partial charge in [0, 0.05) is 18.7 Å². The van der Waals surface area contributed by atoms with Gasteiger partial charge in [-0.1, -0.05) is 25.7 Å². The highest BCUT2D eigenvalue weighted by atomic mass is 16.5. The first-order valence-corrected chi connectivity index (χ1v) is 7.37. The Labute approximate surface area is 105 Å². The van der Waals surface area contributed by atoms with Crippen molar-refractivity contribution in [1.82, 2.24) is 5.32 Å². The zero-order chi connectivity index (χ0) is 11.9. The summed E-state index contributed by atoms with van der Waals surface area (Å²) in [4.78, 5) is 0. The topological polar surface area (TPSA) is 41.5 Å². The fraction of sp³-hybridized carbons (Fsp3) is 1.00. The van der Waals surface area contributed by atoms with E-state index >= 15 is 0 Å². The van der Waals surface area contributed by atoms with Gasteiger partial charge in [-0.05, 0) is 32.1 Å². The molecule has 0 spiro atoms. The van der Waals surface area contributed by atoms with Gasteiger partial charge in [0.1, 0.15) is 0 Å². The van der Waals surface area contributed by atoms with E-state index in [0.717, 1.165) is 13.0 Å². The molecule has 3 heteroatoms. The number of hydrogen-bond acceptors (Lipinski definition) is 3. The highest BCUT2D eigenvalue weighted by Crippen LogP contribution is 2.21. The van der Waals surface area contributed by atoms with Gasteiger partial charge in [-0.25, -0.2) is 0 Å². The van der Waals surface area contributed by atoms with Crippen LogP contribution >= 0.6 is 0 Å². The maximum absolute atomic E-state index is 9.27. The Morgan fingerprint density at radius 2 is 1.76 bits per heavy atom. The molecule has 0 aromatic heterocycles. The highest BCUT2D eigenvalue weighted by Gasteiger charge is 2.24. The van der Waals surface area contributed by atoms with E-state index < -0.39 is 0 Å². The molecule has 0 aliphatic heterocycles. The lowest BCUT2D eigenvalue weighted by Crippen LogP contribution is -2.35. The Morgan fingerprint density at radius 1 is 1.06 bits per heavy atom. The summed E-state index contributed by atoms with van der Waals surface area (Å²) >= 11 is 0. The van der Waals surface area contributed by atoms with Gasteiger partial charge in [-0.15, -0.1) is 0 Å². The Bertz CT molecular complexity index is 196. The molecule has 17 heavy (non-hydrogen) atoms. The molecule has 2 saturated carbocycles. The summed E-state index contributed by atoms with van der Waals surface area (Å²) in [5, 5.41) is 12.7. The molecule has 100 valence electrons. The minimum atomic E-state index is 0.241. The van der Waals surface area contributed by atoms with Crippen LogP contribution in [-0.2, 0) is 4.74 Å². The molecule has 0 aromatic rings. The molecule has 1 unspecified atom stereocenters.